The molecule has 0 radical (unpaired) electrons. The van der Waals surface area contributed by atoms with E-state index in [1.165, 1.54) is 24.0 Å². The maximum absolute atomic E-state index is 5.96. The van der Waals surface area contributed by atoms with Gasteiger partial charge in [0.1, 0.15) is 0 Å². The molecule has 1 aromatic carbocycles. The molecule has 0 aliphatic carbocycles. The molecule has 2 heterocycles. The molecule has 4 unspecified atom stereocenters. The van der Waals surface area contributed by atoms with Crippen LogP contribution in [0.2, 0.25) is 0 Å². The van der Waals surface area contributed by atoms with Gasteiger partial charge in [-0.2, -0.15) is 0 Å². The van der Waals surface area contributed by atoms with Gasteiger partial charge in [-0.05, 0) is 44.4 Å². The molecule has 21 heavy (non-hydrogen) atoms. The third-order valence-electron chi connectivity index (χ3n) is 5.19. The second kappa shape index (κ2) is 6.47. The van der Waals surface area contributed by atoms with Crippen molar-refractivity contribution in [3.8, 4) is 0 Å². The molecule has 3 nitrogen and oxygen atoms in total. The maximum atomic E-state index is 5.96. The summed E-state index contributed by atoms with van der Waals surface area (Å²) in [5, 5.41) is 3.52. The normalized spacial score (nSPS) is 28.5. The summed E-state index contributed by atoms with van der Waals surface area (Å²) in [6, 6.07) is 9.96. The van der Waals surface area contributed by atoms with Crippen LogP contribution in [-0.4, -0.2) is 43.3 Å². The Bertz CT molecular complexity index is 447. The first kappa shape index (κ1) is 15.0. The van der Waals surface area contributed by atoms with Crippen LogP contribution >= 0.6 is 0 Å². The Kier molecular flexibility index (Phi) is 4.63. The predicted molar refractivity (Wildman–Crippen MR) is 86.6 cm³/mol. The molecule has 1 aromatic rings. The number of aryl methyl sites for hydroxylation is 1. The number of morpholine rings is 1. The fraction of sp³-hybridized carbons (Fsp3) is 0.667. The van der Waals surface area contributed by atoms with E-state index in [0.29, 0.717) is 24.3 Å². The lowest BCUT2D eigenvalue weighted by Gasteiger charge is -2.40. The molecule has 2 saturated heterocycles. The zero-order valence-electron chi connectivity index (χ0n) is 13.5. The van der Waals surface area contributed by atoms with Crippen molar-refractivity contribution in [3.63, 3.8) is 0 Å². The van der Waals surface area contributed by atoms with Crippen LogP contribution in [0.5, 0.6) is 0 Å². The second-order valence-electron chi connectivity index (χ2n) is 6.51. The van der Waals surface area contributed by atoms with Crippen LogP contribution in [-0.2, 0) is 11.2 Å². The Morgan fingerprint density at radius 3 is 2.33 bits per heavy atom. The van der Waals surface area contributed by atoms with Gasteiger partial charge in [-0.25, -0.2) is 0 Å². The molecule has 2 aliphatic heterocycles. The van der Waals surface area contributed by atoms with Crippen molar-refractivity contribution < 1.29 is 4.74 Å². The van der Waals surface area contributed by atoms with Crippen LogP contribution in [0.3, 0.4) is 0 Å². The highest BCUT2D eigenvalue weighted by molar-refractivity contribution is 5.26. The Morgan fingerprint density at radius 2 is 1.81 bits per heavy atom. The number of likely N-dealkylation sites (tertiary alicyclic amines) is 1. The van der Waals surface area contributed by atoms with Crippen molar-refractivity contribution in [2.75, 3.05) is 20.1 Å². The minimum atomic E-state index is 0.383. The Hall–Kier alpha value is -0.900. The molecule has 4 atom stereocenters. The Labute approximate surface area is 128 Å². The number of benzene rings is 1. The predicted octanol–water partition coefficient (Wildman–Crippen LogP) is 2.76. The molecule has 0 aromatic heterocycles. The largest absolute Gasteiger partial charge is 0.372 e. The highest BCUT2D eigenvalue weighted by atomic mass is 16.5. The van der Waals surface area contributed by atoms with Crippen LogP contribution in [0.1, 0.15) is 43.9 Å². The fourth-order valence-corrected chi connectivity index (χ4v) is 3.84. The van der Waals surface area contributed by atoms with Crippen molar-refractivity contribution >= 4 is 0 Å². The number of fused-ring (bicyclic) bond motifs is 2. The highest BCUT2D eigenvalue weighted by Crippen LogP contribution is 2.30. The van der Waals surface area contributed by atoms with Gasteiger partial charge in [0.05, 0.1) is 12.2 Å². The second-order valence-corrected chi connectivity index (χ2v) is 6.51. The van der Waals surface area contributed by atoms with Crippen LogP contribution in [0.15, 0.2) is 24.3 Å². The molecule has 2 fully saturated rings. The summed E-state index contributed by atoms with van der Waals surface area (Å²) in [7, 11) is 2.07. The van der Waals surface area contributed by atoms with Crippen molar-refractivity contribution in [3.05, 3.63) is 35.4 Å². The molecule has 1 N–H and O–H groups in total. The van der Waals surface area contributed by atoms with Gasteiger partial charge in [0.25, 0.3) is 0 Å². The van der Waals surface area contributed by atoms with E-state index in [2.05, 4.69) is 55.4 Å². The SMILES string of the molecule is CCc1ccc(C(NC)C(C)N2CC3CCC(C2)O3)cc1. The third-order valence-corrected chi connectivity index (χ3v) is 5.19. The smallest absolute Gasteiger partial charge is 0.0707 e. The Balaban J connectivity index is 1.72. The van der Waals surface area contributed by atoms with E-state index < -0.39 is 0 Å². The molecule has 2 aliphatic rings. The van der Waals surface area contributed by atoms with E-state index in [1.54, 1.807) is 0 Å². The zero-order valence-corrected chi connectivity index (χ0v) is 13.5. The number of nitrogens with zero attached hydrogens (tertiary/aromatic N) is 1. The van der Waals surface area contributed by atoms with Gasteiger partial charge < -0.3 is 10.1 Å². The number of hydrogen-bond donors (Lipinski definition) is 1. The molecular weight excluding hydrogens is 260 g/mol. The monoisotopic (exact) mass is 288 g/mol. The summed E-state index contributed by atoms with van der Waals surface area (Å²) in [5.74, 6) is 0. The van der Waals surface area contributed by atoms with E-state index in [1.807, 2.05) is 0 Å². The van der Waals surface area contributed by atoms with E-state index in [-0.39, 0.29) is 0 Å². The summed E-state index contributed by atoms with van der Waals surface area (Å²) in [6.07, 6.45) is 4.51. The van der Waals surface area contributed by atoms with Gasteiger partial charge in [-0.1, -0.05) is 31.2 Å². The number of ether oxygens (including phenoxy) is 1. The first-order valence-corrected chi connectivity index (χ1v) is 8.37. The molecular formula is C18H28N2O. The lowest BCUT2D eigenvalue weighted by Crippen LogP contribution is -2.50. The van der Waals surface area contributed by atoms with Gasteiger partial charge in [0, 0.05) is 25.2 Å². The van der Waals surface area contributed by atoms with E-state index >= 15 is 0 Å². The summed E-state index contributed by atoms with van der Waals surface area (Å²) < 4.78 is 5.96. The highest BCUT2D eigenvalue weighted by Gasteiger charge is 2.37. The Morgan fingerprint density at radius 1 is 1.19 bits per heavy atom. The van der Waals surface area contributed by atoms with E-state index in [9.17, 15) is 0 Å². The average Bonchev–Trinajstić information content (AvgIpc) is 2.86. The van der Waals surface area contributed by atoms with E-state index in [0.717, 1.165) is 19.5 Å². The molecule has 0 saturated carbocycles. The summed E-state index contributed by atoms with van der Waals surface area (Å²) in [6.45, 7) is 6.72. The van der Waals surface area contributed by atoms with Gasteiger partial charge >= 0.3 is 0 Å². The number of rotatable bonds is 5. The van der Waals surface area contributed by atoms with Gasteiger partial charge in [-0.3, -0.25) is 4.90 Å². The molecule has 116 valence electrons. The van der Waals surface area contributed by atoms with Crippen LogP contribution in [0, 0.1) is 0 Å². The summed E-state index contributed by atoms with van der Waals surface area (Å²) in [5.41, 5.74) is 2.80. The van der Waals surface area contributed by atoms with Crippen LogP contribution in [0.4, 0.5) is 0 Å². The van der Waals surface area contributed by atoms with Crippen molar-refractivity contribution in [1.82, 2.24) is 10.2 Å². The minimum Gasteiger partial charge on any atom is -0.372 e. The van der Waals surface area contributed by atoms with E-state index in [4.69, 9.17) is 4.74 Å². The standard InChI is InChI=1S/C18H28N2O/c1-4-14-5-7-15(8-6-14)18(19-3)13(2)20-11-16-9-10-17(12-20)21-16/h5-8,13,16-19H,4,9-12H2,1-3H3. The first-order chi connectivity index (χ1) is 10.2. The summed E-state index contributed by atoms with van der Waals surface area (Å²) in [4.78, 5) is 2.61. The number of likely N-dealkylation sites (N-methyl/N-ethyl adjacent to an activating group) is 1. The van der Waals surface area contributed by atoms with Crippen molar-refractivity contribution in [2.45, 2.75) is 57.4 Å². The van der Waals surface area contributed by atoms with Gasteiger partial charge in [-0.15, -0.1) is 0 Å². The van der Waals surface area contributed by atoms with Crippen molar-refractivity contribution in [1.29, 1.82) is 0 Å². The van der Waals surface area contributed by atoms with Crippen LogP contribution < -0.4 is 5.32 Å². The molecule has 3 heteroatoms. The number of hydrogen-bond acceptors (Lipinski definition) is 3. The number of nitrogens with one attached hydrogen (secondary N) is 1. The molecule has 2 bridgehead atoms. The van der Waals surface area contributed by atoms with Crippen LogP contribution in [0.25, 0.3) is 0 Å². The molecule has 3 rings (SSSR count). The topological polar surface area (TPSA) is 24.5 Å². The minimum absolute atomic E-state index is 0.383. The molecule has 0 amide bonds. The van der Waals surface area contributed by atoms with Gasteiger partial charge in [0.2, 0.25) is 0 Å². The quantitative estimate of drug-likeness (QED) is 0.901. The lowest BCUT2D eigenvalue weighted by molar-refractivity contribution is -0.0548. The van der Waals surface area contributed by atoms with Crippen molar-refractivity contribution in [2.24, 2.45) is 0 Å². The lowest BCUT2D eigenvalue weighted by atomic mass is 9.97. The maximum Gasteiger partial charge on any atom is 0.0707 e. The molecule has 0 spiro atoms. The third kappa shape index (κ3) is 3.15. The first-order valence-electron chi connectivity index (χ1n) is 8.37. The fourth-order valence-electron chi connectivity index (χ4n) is 3.84. The summed E-state index contributed by atoms with van der Waals surface area (Å²) >= 11 is 0. The van der Waals surface area contributed by atoms with Gasteiger partial charge in [0.15, 0.2) is 0 Å². The average molecular weight is 288 g/mol. The zero-order chi connectivity index (χ0) is 14.8.